The molecule has 1 saturated heterocycles. The third kappa shape index (κ3) is 4.56. The van der Waals surface area contributed by atoms with Crippen LogP contribution in [0.25, 0.3) is 0 Å². The Hall–Kier alpha value is -2.53. The summed E-state index contributed by atoms with van der Waals surface area (Å²) in [6, 6.07) is 18.0. The van der Waals surface area contributed by atoms with E-state index in [0.29, 0.717) is 13.0 Å². The largest absolute Gasteiger partial charge is 0.486 e. The number of hydrogen-bond acceptors (Lipinski definition) is 5. The predicted octanol–water partition coefficient (Wildman–Crippen LogP) is 4.16. The Labute approximate surface area is 172 Å². The molecule has 0 saturated carbocycles. The van der Waals surface area contributed by atoms with Gasteiger partial charge >= 0.3 is 5.97 Å². The van der Waals surface area contributed by atoms with Crippen molar-refractivity contribution >= 4 is 5.97 Å². The smallest absolute Gasteiger partial charge is 0.306 e. The summed E-state index contributed by atoms with van der Waals surface area (Å²) in [5.41, 5.74) is 0.593. The van der Waals surface area contributed by atoms with Crippen LogP contribution in [0.1, 0.15) is 38.2 Å². The lowest BCUT2D eigenvalue weighted by molar-refractivity contribution is -0.166. The molecule has 2 aliphatic heterocycles. The number of esters is 1. The van der Waals surface area contributed by atoms with Gasteiger partial charge in [0.2, 0.25) is 0 Å². The van der Waals surface area contributed by atoms with E-state index in [4.69, 9.17) is 14.2 Å². The zero-order valence-electron chi connectivity index (χ0n) is 17.0. The SMILES string of the molecule is CCC(=O)OC1(c2ccccc2)CCN(CCC2COc3ccccc3O2)CC1. The number of rotatable bonds is 6. The topological polar surface area (TPSA) is 48.0 Å². The van der Waals surface area contributed by atoms with Gasteiger partial charge in [0.05, 0.1) is 0 Å². The van der Waals surface area contributed by atoms with Crippen LogP contribution in [0.5, 0.6) is 11.5 Å². The van der Waals surface area contributed by atoms with Crippen molar-refractivity contribution in [1.82, 2.24) is 4.90 Å². The molecule has 0 aromatic heterocycles. The van der Waals surface area contributed by atoms with E-state index in [1.807, 2.05) is 49.4 Å². The van der Waals surface area contributed by atoms with E-state index in [1.54, 1.807) is 0 Å². The number of carbonyl (C=O) groups is 1. The minimum absolute atomic E-state index is 0.0728. The molecule has 29 heavy (non-hydrogen) atoms. The zero-order chi connectivity index (χ0) is 20.1. The molecule has 2 aromatic rings. The van der Waals surface area contributed by atoms with Crippen LogP contribution >= 0.6 is 0 Å². The molecule has 154 valence electrons. The molecule has 1 fully saturated rings. The number of likely N-dealkylation sites (tertiary alicyclic amines) is 1. The molecule has 0 spiro atoms. The van der Waals surface area contributed by atoms with Crippen LogP contribution in [-0.2, 0) is 15.1 Å². The van der Waals surface area contributed by atoms with Crippen molar-refractivity contribution in [3.63, 3.8) is 0 Å². The molecule has 1 unspecified atom stereocenters. The average molecular weight is 395 g/mol. The number of nitrogens with zero attached hydrogens (tertiary/aromatic N) is 1. The number of carbonyl (C=O) groups excluding carboxylic acids is 1. The van der Waals surface area contributed by atoms with Crippen LogP contribution in [0.2, 0.25) is 0 Å². The van der Waals surface area contributed by atoms with E-state index in [1.165, 1.54) is 0 Å². The quantitative estimate of drug-likeness (QED) is 0.688. The van der Waals surface area contributed by atoms with E-state index in [0.717, 1.165) is 56.0 Å². The van der Waals surface area contributed by atoms with Crippen LogP contribution < -0.4 is 9.47 Å². The standard InChI is InChI=1S/C24H29NO4/c1-2-23(26)29-24(19-8-4-3-5-9-19)13-16-25(17-14-24)15-12-20-18-27-21-10-6-7-11-22(21)28-20/h3-11,20H,2,12-18H2,1H3. The zero-order valence-corrected chi connectivity index (χ0v) is 17.0. The third-order valence-electron chi connectivity index (χ3n) is 5.90. The predicted molar refractivity (Wildman–Crippen MR) is 111 cm³/mol. The van der Waals surface area contributed by atoms with E-state index in [9.17, 15) is 4.79 Å². The summed E-state index contributed by atoms with van der Waals surface area (Å²) in [5.74, 6) is 1.53. The number of fused-ring (bicyclic) bond motifs is 1. The van der Waals surface area contributed by atoms with E-state index in [-0.39, 0.29) is 12.1 Å². The molecule has 5 heteroatoms. The van der Waals surface area contributed by atoms with Gasteiger partial charge in [-0.2, -0.15) is 0 Å². The average Bonchev–Trinajstić information content (AvgIpc) is 2.79. The molecule has 0 N–H and O–H groups in total. The van der Waals surface area contributed by atoms with E-state index >= 15 is 0 Å². The molecule has 0 amide bonds. The third-order valence-corrected chi connectivity index (χ3v) is 5.90. The molecule has 1 atom stereocenters. The highest BCUT2D eigenvalue weighted by atomic mass is 16.6. The maximum absolute atomic E-state index is 12.1. The Balaban J connectivity index is 1.33. The van der Waals surface area contributed by atoms with E-state index < -0.39 is 5.60 Å². The molecular weight excluding hydrogens is 366 g/mol. The molecule has 2 heterocycles. The lowest BCUT2D eigenvalue weighted by Gasteiger charge is -2.42. The normalized spacial score (nSPS) is 20.8. The monoisotopic (exact) mass is 395 g/mol. The molecule has 5 nitrogen and oxygen atoms in total. The summed E-state index contributed by atoms with van der Waals surface area (Å²) < 4.78 is 17.9. The summed E-state index contributed by atoms with van der Waals surface area (Å²) in [6.45, 7) is 5.18. The van der Waals surface area contributed by atoms with Crippen LogP contribution in [0.15, 0.2) is 54.6 Å². The minimum atomic E-state index is -0.506. The van der Waals surface area contributed by atoms with Crippen molar-refractivity contribution in [2.75, 3.05) is 26.2 Å². The highest BCUT2D eigenvalue weighted by molar-refractivity contribution is 5.69. The lowest BCUT2D eigenvalue weighted by atomic mass is 9.84. The number of ether oxygens (including phenoxy) is 3. The number of benzene rings is 2. The second-order valence-electron chi connectivity index (χ2n) is 7.82. The first-order valence-electron chi connectivity index (χ1n) is 10.6. The van der Waals surface area contributed by atoms with Crippen molar-refractivity contribution in [3.05, 3.63) is 60.2 Å². The summed E-state index contributed by atoms with van der Waals surface area (Å²) in [6.07, 6.45) is 3.02. The highest BCUT2D eigenvalue weighted by Gasteiger charge is 2.39. The molecule has 0 aliphatic carbocycles. The maximum atomic E-state index is 12.1. The Morgan fingerprint density at radius 2 is 1.76 bits per heavy atom. The Morgan fingerprint density at radius 1 is 1.07 bits per heavy atom. The fraction of sp³-hybridized carbons (Fsp3) is 0.458. The molecule has 0 radical (unpaired) electrons. The minimum Gasteiger partial charge on any atom is -0.486 e. The fourth-order valence-electron chi connectivity index (χ4n) is 4.15. The summed E-state index contributed by atoms with van der Waals surface area (Å²) >= 11 is 0. The van der Waals surface area contributed by atoms with Crippen molar-refractivity contribution < 1.29 is 19.0 Å². The Bertz CT molecular complexity index is 815. The molecule has 4 rings (SSSR count). The van der Waals surface area contributed by atoms with Gasteiger partial charge in [-0.25, -0.2) is 0 Å². The van der Waals surface area contributed by atoms with Gasteiger partial charge in [0.1, 0.15) is 18.3 Å². The van der Waals surface area contributed by atoms with Crippen molar-refractivity contribution in [2.24, 2.45) is 0 Å². The Kier molecular flexibility index (Phi) is 6.05. The summed E-state index contributed by atoms with van der Waals surface area (Å²) in [4.78, 5) is 14.5. The molecular formula is C24H29NO4. The van der Waals surface area contributed by atoms with Gasteiger partial charge in [0, 0.05) is 45.3 Å². The van der Waals surface area contributed by atoms with Gasteiger partial charge in [0.15, 0.2) is 11.5 Å². The molecule has 2 aromatic carbocycles. The van der Waals surface area contributed by atoms with Gasteiger partial charge < -0.3 is 19.1 Å². The first-order chi connectivity index (χ1) is 14.2. The van der Waals surface area contributed by atoms with E-state index in [2.05, 4.69) is 17.0 Å². The molecule has 0 bridgehead atoms. The second kappa shape index (κ2) is 8.87. The lowest BCUT2D eigenvalue weighted by Crippen LogP contribution is -2.46. The van der Waals surface area contributed by atoms with Gasteiger partial charge in [-0.1, -0.05) is 49.4 Å². The van der Waals surface area contributed by atoms with Crippen molar-refractivity contribution in [3.8, 4) is 11.5 Å². The van der Waals surface area contributed by atoms with Gasteiger partial charge in [-0.05, 0) is 17.7 Å². The summed E-state index contributed by atoms with van der Waals surface area (Å²) in [5, 5.41) is 0. The van der Waals surface area contributed by atoms with Crippen molar-refractivity contribution in [2.45, 2.75) is 44.3 Å². The first kappa shape index (κ1) is 19.8. The van der Waals surface area contributed by atoms with Crippen LogP contribution in [0.4, 0.5) is 0 Å². The van der Waals surface area contributed by atoms with Crippen LogP contribution in [0, 0.1) is 0 Å². The van der Waals surface area contributed by atoms with Gasteiger partial charge in [-0.15, -0.1) is 0 Å². The number of hydrogen-bond donors (Lipinski definition) is 0. The van der Waals surface area contributed by atoms with Crippen molar-refractivity contribution in [1.29, 1.82) is 0 Å². The first-order valence-corrected chi connectivity index (χ1v) is 10.6. The maximum Gasteiger partial charge on any atom is 0.306 e. The highest BCUT2D eigenvalue weighted by Crippen LogP contribution is 2.37. The number of piperidine rings is 1. The molecule has 2 aliphatic rings. The van der Waals surface area contributed by atoms with Crippen LogP contribution in [0.3, 0.4) is 0 Å². The number of para-hydroxylation sites is 2. The van der Waals surface area contributed by atoms with Gasteiger partial charge in [-0.3, -0.25) is 4.79 Å². The Morgan fingerprint density at radius 3 is 2.48 bits per heavy atom. The van der Waals surface area contributed by atoms with Crippen LogP contribution in [-0.4, -0.2) is 43.2 Å². The van der Waals surface area contributed by atoms with Gasteiger partial charge in [0.25, 0.3) is 0 Å². The second-order valence-corrected chi connectivity index (χ2v) is 7.82. The summed E-state index contributed by atoms with van der Waals surface area (Å²) in [7, 11) is 0. The fourth-order valence-corrected chi connectivity index (χ4v) is 4.15.